The second-order valence-corrected chi connectivity index (χ2v) is 5.66. The van der Waals surface area contributed by atoms with Gasteiger partial charge in [-0.2, -0.15) is 5.10 Å². The molecule has 0 atom stereocenters. The maximum atomic E-state index is 13.0. The van der Waals surface area contributed by atoms with Gasteiger partial charge in [0.15, 0.2) is 11.4 Å². The number of anilines is 1. The number of methoxy groups -OCH3 is 1. The summed E-state index contributed by atoms with van der Waals surface area (Å²) in [6, 6.07) is 6.30. The van der Waals surface area contributed by atoms with Gasteiger partial charge in [-0.25, -0.2) is 9.37 Å². The van der Waals surface area contributed by atoms with E-state index in [9.17, 15) is 4.39 Å². The molecule has 0 spiro atoms. The fraction of sp³-hybridized carbons (Fsp3) is 0.333. The number of halogens is 1. The maximum absolute atomic E-state index is 13.0. The Morgan fingerprint density at radius 1 is 1.21 bits per heavy atom. The Bertz CT molecular complexity index is 853. The Morgan fingerprint density at radius 3 is 2.58 bits per heavy atom. The molecule has 124 valence electrons. The number of rotatable bonds is 4. The van der Waals surface area contributed by atoms with Crippen LogP contribution in [0.25, 0.3) is 11.5 Å². The number of hydrogen-bond acceptors (Lipinski definition) is 7. The Hall–Kier alpha value is -2.81. The molecule has 0 radical (unpaired) electrons. The lowest BCUT2D eigenvalue weighted by molar-refractivity contribution is -0.0499. The van der Waals surface area contributed by atoms with Crippen molar-refractivity contribution in [2.45, 2.75) is 5.60 Å². The monoisotopic (exact) mass is 330 g/mol. The number of aromatic nitrogens is 5. The molecule has 1 aliphatic heterocycles. The van der Waals surface area contributed by atoms with E-state index >= 15 is 0 Å². The third kappa shape index (κ3) is 2.24. The quantitative estimate of drug-likeness (QED) is 0.714. The van der Waals surface area contributed by atoms with Crippen LogP contribution >= 0.6 is 0 Å². The molecule has 0 amide bonds. The van der Waals surface area contributed by atoms with Gasteiger partial charge in [-0.1, -0.05) is 5.10 Å². The van der Waals surface area contributed by atoms with E-state index in [2.05, 4.69) is 20.3 Å². The minimum atomic E-state index is -0.546. The highest BCUT2D eigenvalue weighted by Crippen LogP contribution is 2.37. The molecule has 1 fully saturated rings. The van der Waals surface area contributed by atoms with Gasteiger partial charge in [0.25, 0.3) is 0 Å². The molecule has 24 heavy (non-hydrogen) atoms. The van der Waals surface area contributed by atoms with Gasteiger partial charge in [0.2, 0.25) is 5.89 Å². The number of aryl methyl sites for hydroxylation is 1. The molecule has 1 saturated heterocycles. The lowest BCUT2D eigenvalue weighted by atomic mass is 9.93. The van der Waals surface area contributed by atoms with Crippen LogP contribution in [0.1, 0.15) is 5.82 Å². The molecule has 0 aliphatic carbocycles. The third-order valence-corrected chi connectivity index (χ3v) is 4.18. The predicted molar refractivity (Wildman–Crippen MR) is 81.6 cm³/mol. The van der Waals surface area contributed by atoms with Crippen LogP contribution in [-0.4, -0.2) is 45.2 Å². The predicted octanol–water partition coefficient (Wildman–Crippen LogP) is 1.37. The Kier molecular flexibility index (Phi) is 3.31. The Morgan fingerprint density at radius 2 is 1.96 bits per heavy atom. The van der Waals surface area contributed by atoms with Crippen molar-refractivity contribution in [2.75, 3.05) is 25.1 Å². The number of benzene rings is 1. The molecule has 8 nitrogen and oxygen atoms in total. The number of hydrogen-bond donors (Lipinski definition) is 0. The molecule has 0 saturated carbocycles. The fourth-order valence-corrected chi connectivity index (χ4v) is 2.83. The molecule has 0 N–H and O–H groups in total. The van der Waals surface area contributed by atoms with Crippen molar-refractivity contribution in [3.8, 4) is 11.5 Å². The minimum Gasteiger partial charge on any atom is -0.403 e. The average molecular weight is 330 g/mol. The van der Waals surface area contributed by atoms with Crippen LogP contribution < -0.4 is 4.90 Å². The van der Waals surface area contributed by atoms with Crippen molar-refractivity contribution >= 4 is 6.01 Å². The largest absolute Gasteiger partial charge is 0.403 e. The SMILES string of the molecule is COC1(c2ncnn2C)CN(c2nnc(-c3ccc(F)cc3)o2)C1. The van der Waals surface area contributed by atoms with E-state index in [-0.39, 0.29) is 5.82 Å². The highest BCUT2D eigenvalue weighted by molar-refractivity contribution is 5.53. The van der Waals surface area contributed by atoms with E-state index in [0.717, 1.165) is 5.82 Å². The van der Waals surface area contributed by atoms with E-state index in [0.29, 0.717) is 30.6 Å². The lowest BCUT2D eigenvalue weighted by Crippen LogP contribution is -2.61. The van der Waals surface area contributed by atoms with Crippen LogP contribution in [-0.2, 0) is 17.4 Å². The first-order chi connectivity index (χ1) is 11.6. The zero-order chi connectivity index (χ0) is 16.7. The summed E-state index contributed by atoms with van der Waals surface area (Å²) in [5.74, 6) is 0.785. The summed E-state index contributed by atoms with van der Waals surface area (Å²) in [6.45, 7) is 1.06. The normalized spacial score (nSPS) is 16.2. The van der Waals surface area contributed by atoms with Crippen molar-refractivity contribution in [1.29, 1.82) is 0 Å². The summed E-state index contributed by atoms with van der Waals surface area (Å²) in [6.07, 6.45) is 1.50. The summed E-state index contributed by atoms with van der Waals surface area (Å²) >= 11 is 0. The molecule has 0 unspecified atom stereocenters. The molecule has 1 aromatic carbocycles. The molecule has 0 bridgehead atoms. The van der Waals surface area contributed by atoms with Crippen molar-refractivity contribution < 1.29 is 13.5 Å². The third-order valence-electron chi connectivity index (χ3n) is 4.18. The first kappa shape index (κ1) is 14.8. The average Bonchev–Trinajstić information content (AvgIpc) is 3.18. The summed E-state index contributed by atoms with van der Waals surface area (Å²) in [4.78, 5) is 6.17. The first-order valence-corrected chi connectivity index (χ1v) is 7.35. The van der Waals surface area contributed by atoms with Gasteiger partial charge in [-0.05, 0) is 24.3 Å². The Balaban J connectivity index is 1.53. The van der Waals surface area contributed by atoms with Gasteiger partial charge >= 0.3 is 6.01 Å². The van der Waals surface area contributed by atoms with Gasteiger partial charge in [-0.15, -0.1) is 5.10 Å². The van der Waals surface area contributed by atoms with Crippen molar-refractivity contribution in [3.05, 3.63) is 42.2 Å². The van der Waals surface area contributed by atoms with Crippen LogP contribution in [0.4, 0.5) is 10.4 Å². The Labute approximate surface area is 136 Å². The highest BCUT2D eigenvalue weighted by Gasteiger charge is 2.50. The van der Waals surface area contributed by atoms with E-state index < -0.39 is 5.60 Å². The van der Waals surface area contributed by atoms with E-state index in [4.69, 9.17) is 9.15 Å². The van der Waals surface area contributed by atoms with Gasteiger partial charge in [-0.3, -0.25) is 4.68 Å². The van der Waals surface area contributed by atoms with Gasteiger partial charge in [0, 0.05) is 19.7 Å². The molecule has 3 heterocycles. The van der Waals surface area contributed by atoms with Gasteiger partial charge in [0.1, 0.15) is 12.1 Å². The molecule has 3 aromatic rings. The summed E-state index contributed by atoms with van der Waals surface area (Å²) in [5, 5.41) is 12.2. The molecule has 4 rings (SSSR count). The molecular formula is C15H15FN6O2. The van der Waals surface area contributed by atoms with Crippen molar-refractivity contribution in [3.63, 3.8) is 0 Å². The zero-order valence-corrected chi connectivity index (χ0v) is 13.2. The zero-order valence-electron chi connectivity index (χ0n) is 13.2. The molecule has 1 aliphatic rings. The van der Waals surface area contributed by atoms with Crippen LogP contribution in [0.15, 0.2) is 35.0 Å². The maximum Gasteiger partial charge on any atom is 0.318 e. The summed E-state index contributed by atoms with van der Waals surface area (Å²) in [5.41, 5.74) is 0.123. The van der Waals surface area contributed by atoms with Crippen LogP contribution in [0.3, 0.4) is 0 Å². The number of ether oxygens (including phenoxy) is 1. The smallest absolute Gasteiger partial charge is 0.318 e. The molecular weight excluding hydrogens is 315 g/mol. The second-order valence-electron chi connectivity index (χ2n) is 5.66. The lowest BCUT2D eigenvalue weighted by Gasteiger charge is -2.46. The topological polar surface area (TPSA) is 82.1 Å². The second kappa shape index (κ2) is 5.38. The summed E-state index contributed by atoms with van der Waals surface area (Å²) in [7, 11) is 3.47. The fourth-order valence-electron chi connectivity index (χ4n) is 2.83. The van der Waals surface area contributed by atoms with Gasteiger partial charge < -0.3 is 14.1 Å². The minimum absolute atomic E-state index is 0.310. The molecule has 2 aromatic heterocycles. The van der Waals surface area contributed by atoms with Gasteiger partial charge in [0.05, 0.1) is 13.1 Å². The first-order valence-electron chi connectivity index (χ1n) is 7.35. The molecule has 9 heteroatoms. The van der Waals surface area contributed by atoms with E-state index in [1.54, 1.807) is 23.9 Å². The summed E-state index contributed by atoms with van der Waals surface area (Å²) < 4.78 is 26.0. The standard InChI is InChI=1S/C15H15FN6O2/c1-21-13(17-9-18-21)15(23-2)7-22(8-15)14-20-19-12(24-14)10-3-5-11(16)6-4-10/h3-6,9H,7-8H2,1-2H3. The highest BCUT2D eigenvalue weighted by atomic mass is 19.1. The van der Waals surface area contributed by atoms with E-state index in [1.165, 1.54) is 18.5 Å². The van der Waals surface area contributed by atoms with Crippen molar-refractivity contribution in [1.82, 2.24) is 25.0 Å². The van der Waals surface area contributed by atoms with Crippen LogP contribution in [0, 0.1) is 5.82 Å². The van der Waals surface area contributed by atoms with Crippen LogP contribution in [0.2, 0.25) is 0 Å². The van der Waals surface area contributed by atoms with E-state index in [1.807, 2.05) is 11.9 Å². The van der Waals surface area contributed by atoms with Crippen molar-refractivity contribution in [2.24, 2.45) is 7.05 Å². The number of nitrogens with zero attached hydrogens (tertiary/aromatic N) is 6. The van der Waals surface area contributed by atoms with Crippen LogP contribution in [0.5, 0.6) is 0 Å².